The molecule has 2 aromatic carbocycles. The first-order chi connectivity index (χ1) is 9.80. The Hall–Kier alpha value is -2.16. The highest BCUT2D eigenvalue weighted by Crippen LogP contribution is 2.37. The van der Waals surface area contributed by atoms with Gasteiger partial charge in [-0.1, -0.05) is 18.2 Å². The Kier molecular flexibility index (Phi) is 3.50. The maximum Gasteiger partial charge on any atom is 0.127 e. The average molecular weight is 270 g/mol. The van der Waals surface area contributed by atoms with Gasteiger partial charge in [-0.05, 0) is 42.2 Å². The minimum atomic E-state index is 0.0977. The second-order valence-electron chi connectivity index (χ2n) is 4.89. The van der Waals surface area contributed by atoms with Crippen LogP contribution in [0.5, 0.6) is 17.2 Å². The molecule has 0 saturated carbocycles. The minimum absolute atomic E-state index is 0.0977. The van der Waals surface area contributed by atoms with Crippen molar-refractivity contribution in [2.75, 3.05) is 14.2 Å². The van der Waals surface area contributed by atoms with Crippen LogP contribution in [0.1, 0.15) is 23.7 Å². The molecule has 20 heavy (non-hydrogen) atoms. The fourth-order valence-electron chi connectivity index (χ4n) is 2.53. The molecule has 3 nitrogen and oxygen atoms in total. The standard InChI is InChI=1S/C17H18O3/c1-18-14-7-3-12(4-8-14)16-10-6-13-5-9-15(19-2)11-17(13)20-16/h3-5,7-9,11,16H,6,10H2,1-2H3. The van der Waals surface area contributed by atoms with E-state index < -0.39 is 0 Å². The normalized spacial score (nSPS) is 17.0. The van der Waals surface area contributed by atoms with E-state index >= 15 is 0 Å². The van der Waals surface area contributed by atoms with Gasteiger partial charge in [0.05, 0.1) is 14.2 Å². The van der Waals surface area contributed by atoms with Crippen molar-refractivity contribution < 1.29 is 14.2 Å². The molecule has 3 rings (SSSR count). The van der Waals surface area contributed by atoms with Crippen LogP contribution in [-0.2, 0) is 6.42 Å². The smallest absolute Gasteiger partial charge is 0.127 e. The van der Waals surface area contributed by atoms with Crippen LogP contribution in [0.3, 0.4) is 0 Å². The number of rotatable bonds is 3. The molecule has 0 radical (unpaired) electrons. The predicted octanol–water partition coefficient (Wildman–Crippen LogP) is 3.77. The first-order valence-electron chi connectivity index (χ1n) is 6.77. The summed E-state index contributed by atoms with van der Waals surface area (Å²) in [7, 11) is 3.35. The molecular weight excluding hydrogens is 252 g/mol. The lowest BCUT2D eigenvalue weighted by Gasteiger charge is -2.26. The van der Waals surface area contributed by atoms with Gasteiger partial charge in [0.1, 0.15) is 23.4 Å². The van der Waals surface area contributed by atoms with E-state index in [2.05, 4.69) is 18.2 Å². The molecule has 1 unspecified atom stereocenters. The number of hydrogen-bond acceptors (Lipinski definition) is 3. The van der Waals surface area contributed by atoms with Crippen molar-refractivity contribution in [2.24, 2.45) is 0 Å². The van der Waals surface area contributed by atoms with Crippen molar-refractivity contribution in [1.82, 2.24) is 0 Å². The summed E-state index contributed by atoms with van der Waals surface area (Å²) < 4.78 is 16.6. The van der Waals surface area contributed by atoms with E-state index in [1.54, 1.807) is 14.2 Å². The van der Waals surface area contributed by atoms with Crippen LogP contribution in [-0.4, -0.2) is 14.2 Å². The molecule has 0 N–H and O–H groups in total. The van der Waals surface area contributed by atoms with Gasteiger partial charge in [0.2, 0.25) is 0 Å². The van der Waals surface area contributed by atoms with Crippen molar-refractivity contribution in [2.45, 2.75) is 18.9 Å². The zero-order valence-corrected chi connectivity index (χ0v) is 11.8. The third-order valence-corrected chi connectivity index (χ3v) is 3.71. The molecule has 0 bridgehead atoms. The summed E-state index contributed by atoms with van der Waals surface area (Å²) in [4.78, 5) is 0. The van der Waals surface area contributed by atoms with E-state index in [1.165, 1.54) is 11.1 Å². The van der Waals surface area contributed by atoms with E-state index in [0.717, 1.165) is 30.1 Å². The first-order valence-corrected chi connectivity index (χ1v) is 6.77. The Labute approximate surface area is 119 Å². The minimum Gasteiger partial charge on any atom is -0.497 e. The zero-order chi connectivity index (χ0) is 13.9. The maximum atomic E-state index is 6.11. The zero-order valence-electron chi connectivity index (χ0n) is 11.8. The molecule has 0 spiro atoms. The van der Waals surface area contributed by atoms with E-state index in [4.69, 9.17) is 14.2 Å². The van der Waals surface area contributed by atoms with E-state index in [-0.39, 0.29) is 6.10 Å². The Morgan fingerprint density at radius 3 is 2.35 bits per heavy atom. The molecule has 0 saturated heterocycles. The highest BCUT2D eigenvalue weighted by molar-refractivity contribution is 5.43. The quantitative estimate of drug-likeness (QED) is 0.849. The third kappa shape index (κ3) is 2.44. The highest BCUT2D eigenvalue weighted by atomic mass is 16.5. The SMILES string of the molecule is COc1ccc(C2CCc3ccc(OC)cc3O2)cc1. The molecule has 0 fully saturated rings. The van der Waals surface area contributed by atoms with Crippen LogP contribution >= 0.6 is 0 Å². The van der Waals surface area contributed by atoms with Crippen LogP contribution < -0.4 is 14.2 Å². The largest absolute Gasteiger partial charge is 0.497 e. The van der Waals surface area contributed by atoms with Gasteiger partial charge in [-0.3, -0.25) is 0 Å². The number of fused-ring (bicyclic) bond motifs is 1. The van der Waals surface area contributed by atoms with Crippen molar-refractivity contribution >= 4 is 0 Å². The fourth-order valence-corrected chi connectivity index (χ4v) is 2.53. The fraction of sp³-hybridized carbons (Fsp3) is 0.294. The molecule has 0 aliphatic carbocycles. The van der Waals surface area contributed by atoms with Gasteiger partial charge in [0.15, 0.2) is 0 Å². The molecule has 1 aliphatic heterocycles. The van der Waals surface area contributed by atoms with Crippen LogP contribution in [0.15, 0.2) is 42.5 Å². The van der Waals surface area contributed by atoms with Gasteiger partial charge in [-0.2, -0.15) is 0 Å². The second kappa shape index (κ2) is 5.45. The van der Waals surface area contributed by atoms with Crippen LogP contribution in [0.25, 0.3) is 0 Å². The molecule has 3 heteroatoms. The lowest BCUT2D eigenvalue weighted by molar-refractivity contribution is 0.176. The summed E-state index contributed by atoms with van der Waals surface area (Å²) in [5, 5.41) is 0. The molecule has 1 heterocycles. The van der Waals surface area contributed by atoms with E-state index in [0.29, 0.717) is 0 Å². The molecule has 0 aromatic heterocycles. The van der Waals surface area contributed by atoms with Gasteiger partial charge in [0.25, 0.3) is 0 Å². The van der Waals surface area contributed by atoms with Gasteiger partial charge in [-0.25, -0.2) is 0 Å². The molecule has 1 aliphatic rings. The Bertz CT molecular complexity index is 590. The molecule has 2 aromatic rings. The average Bonchev–Trinajstić information content (AvgIpc) is 2.54. The van der Waals surface area contributed by atoms with E-state index in [9.17, 15) is 0 Å². The predicted molar refractivity (Wildman–Crippen MR) is 77.7 cm³/mol. The number of hydrogen-bond donors (Lipinski definition) is 0. The number of benzene rings is 2. The van der Waals surface area contributed by atoms with Gasteiger partial charge in [0, 0.05) is 6.07 Å². The highest BCUT2D eigenvalue weighted by Gasteiger charge is 2.21. The third-order valence-electron chi connectivity index (χ3n) is 3.71. The summed E-state index contributed by atoms with van der Waals surface area (Å²) in [6, 6.07) is 14.1. The second-order valence-corrected chi connectivity index (χ2v) is 4.89. The van der Waals surface area contributed by atoms with Crippen molar-refractivity contribution in [3.63, 3.8) is 0 Å². The Morgan fingerprint density at radius 2 is 1.65 bits per heavy atom. The van der Waals surface area contributed by atoms with Crippen LogP contribution in [0.4, 0.5) is 0 Å². The summed E-state index contributed by atoms with van der Waals surface area (Å²) >= 11 is 0. The monoisotopic (exact) mass is 270 g/mol. The number of ether oxygens (including phenoxy) is 3. The maximum absolute atomic E-state index is 6.11. The van der Waals surface area contributed by atoms with Crippen molar-refractivity contribution in [3.05, 3.63) is 53.6 Å². The topological polar surface area (TPSA) is 27.7 Å². The molecule has 1 atom stereocenters. The molecular formula is C17H18O3. The molecule has 0 amide bonds. The Balaban J connectivity index is 1.83. The summed E-state index contributed by atoms with van der Waals surface area (Å²) in [6.07, 6.45) is 2.11. The lowest BCUT2D eigenvalue weighted by Crippen LogP contribution is -2.15. The summed E-state index contributed by atoms with van der Waals surface area (Å²) in [5.74, 6) is 2.63. The van der Waals surface area contributed by atoms with Crippen molar-refractivity contribution in [1.29, 1.82) is 0 Å². The first kappa shape index (κ1) is 12.9. The van der Waals surface area contributed by atoms with Crippen LogP contribution in [0, 0.1) is 0 Å². The van der Waals surface area contributed by atoms with Gasteiger partial charge >= 0.3 is 0 Å². The number of methoxy groups -OCH3 is 2. The van der Waals surface area contributed by atoms with Crippen molar-refractivity contribution in [3.8, 4) is 17.2 Å². The van der Waals surface area contributed by atoms with Crippen LogP contribution in [0.2, 0.25) is 0 Å². The van der Waals surface area contributed by atoms with E-state index in [1.807, 2.05) is 24.3 Å². The summed E-state index contributed by atoms with van der Waals surface area (Å²) in [5.41, 5.74) is 2.43. The molecule has 104 valence electrons. The van der Waals surface area contributed by atoms with Gasteiger partial charge < -0.3 is 14.2 Å². The lowest BCUT2D eigenvalue weighted by atomic mass is 9.97. The Morgan fingerprint density at radius 1 is 0.950 bits per heavy atom. The van der Waals surface area contributed by atoms with Gasteiger partial charge in [-0.15, -0.1) is 0 Å². The summed E-state index contributed by atoms with van der Waals surface area (Å²) in [6.45, 7) is 0. The number of aryl methyl sites for hydroxylation is 1.